The van der Waals surface area contributed by atoms with Gasteiger partial charge in [0, 0.05) is 13.1 Å². The number of aliphatic carboxylic acids is 1. The predicted octanol–water partition coefficient (Wildman–Crippen LogP) is 2.63. The lowest BCUT2D eigenvalue weighted by Crippen LogP contribution is -2.42. The molecule has 1 aliphatic rings. The van der Waals surface area contributed by atoms with E-state index in [4.69, 9.17) is 9.84 Å². The van der Waals surface area contributed by atoms with E-state index in [1.165, 1.54) is 4.90 Å². The van der Waals surface area contributed by atoms with Crippen LogP contribution in [0.1, 0.15) is 18.4 Å². The maximum Gasteiger partial charge on any atom is 0.410 e. The molecule has 1 N–H and O–H groups in total. The molecule has 1 aromatic rings. The van der Waals surface area contributed by atoms with Crippen LogP contribution in [0.15, 0.2) is 36.4 Å². The summed E-state index contributed by atoms with van der Waals surface area (Å²) in [5.41, 5.74) is 1.04. The van der Waals surface area contributed by atoms with Gasteiger partial charge in [0.25, 0.3) is 0 Å². The number of nitrogens with zero attached hydrogens (tertiary/aromatic N) is 1. The standard InChI is InChI=1S/C16H19NO4/c18-15(19)14-9-4-10-17(12-14)16(20)21-11-5-8-13-6-2-1-3-7-13/h1-3,5-8,14H,4,9-12H2,(H,18,19). The van der Waals surface area contributed by atoms with Gasteiger partial charge in [0.05, 0.1) is 5.92 Å². The van der Waals surface area contributed by atoms with E-state index >= 15 is 0 Å². The van der Waals surface area contributed by atoms with E-state index in [0.717, 1.165) is 5.56 Å². The second-order valence-corrected chi connectivity index (χ2v) is 5.01. The van der Waals surface area contributed by atoms with Crippen LogP contribution in [0.5, 0.6) is 0 Å². The molecule has 2 rings (SSSR count). The number of piperidine rings is 1. The Labute approximate surface area is 123 Å². The summed E-state index contributed by atoms with van der Waals surface area (Å²) >= 11 is 0. The van der Waals surface area contributed by atoms with Gasteiger partial charge in [0.2, 0.25) is 0 Å². The number of carboxylic acid groups (broad SMARTS) is 1. The summed E-state index contributed by atoms with van der Waals surface area (Å²) in [4.78, 5) is 24.3. The summed E-state index contributed by atoms with van der Waals surface area (Å²) in [6.45, 7) is 0.976. The van der Waals surface area contributed by atoms with Crippen LogP contribution in [-0.4, -0.2) is 41.8 Å². The highest BCUT2D eigenvalue weighted by Crippen LogP contribution is 2.17. The van der Waals surface area contributed by atoms with Crippen molar-refractivity contribution >= 4 is 18.1 Å². The highest BCUT2D eigenvalue weighted by molar-refractivity contribution is 5.73. The van der Waals surface area contributed by atoms with Crippen LogP contribution < -0.4 is 0 Å². The fourth-order valence-corrected chi connectivity index (χ4v) is 2.30. The number of benzene rings is 1. The van der Waals surface area contributed by atoms with Crippen molar-refractivity contribution in [2.75, 3.05) is 19.7 Å². The van der Waals surface area contributed by atoms with E-state index in [9.17, 15) is 9.59 Å². The fourth-order valence-electron chi connectivity index (χ4n) is 2.30. The summed E-state index contributed by atoms with van der Waals surface area (Å²) in [6, 6.07) is 9.73. The Balaban J connectivity index is 1.77. The third kappa shape index (κ3) is 4.63. The average molecular weight is 289 g/mol. The highest BCUT2D eigenvalue weighted by atomic mass is 16.6. The first-order valence-electron chi connectivity index (χ1n) is 7.03. The normalized spacial score (nSPS) is 18.7. The number of rotatable bonds is 4. The zero-order valence-electron chi connectivity index (χ0n) is 11.8. The monoisotopic (exact) mass is 289 g/mol. The molecule has 1 atom stereocenters. The van der Waals surface area contributed by atoms with Crippen molar-refractivity contribution < 1.29 is 19.4 Å². The van der Waals surface area contributed by atoms with Gasteiger partial charge in [-0.1, -0.05) is 36.4 Å². The summed E-state index contributed by atoms with van der Waals surface area (Å²) in [6.07, 6.45) is 4.52. The lowest BCUT2D eigenvalue weighted by Gasteiger charge is -2.29. The van der Waals surface area contributed by atoms with E-state index in [2.05, 4.69) is 0 Å². The highest BCUT2D eigenvalue weighted by Gasteiger charge is 2.28. The van der Waals surface area contributed by atoms with Crippen LogP contribution in [0.3, 0.4) is 0 Å². The summed E-state index contributed by atoms with van der Waals surface area (Å²) < 4.78 is 5.14. The molecule has 1 saturated heterocycles. The minimum absolute atomic E-state index is 0.183. The van der Waals surface area contributed by atoms with Gasteiger partial charge >= 0.3 is 12.1 Å². The zero-order chi connectivity index (χ0) is 15.1. The molecule has 0 aromatic heterocycles. The molecule has 21 heavy (non-hydrogen) atoms. The molecule has 112 valence electrons. The van der Waals surface area contributed by atoms with Crippen molar-refractivity contribution in [3.63, 3.8) is 0 Å². The minimum Gasteiger partial charge on any atom is -0.481 e. The van der Waals surface area contributed by atoms with Crippen LogP contribution in [0.2, 0.25) is 0 Å². The number of carbonyl (C=O) groups excluding carboxylic acids is 1. The van der Waals surface area contributed by atoms with Crippen molar-refractivity contribution in [3.8, 4) is 0 Å². The SMILES string of the molecule is O=C(O)C1CCCN(C(=O)OCC=Cc2ccccc2)C1. The summed E-state index contributed by atoms with van der Waals surface area (Å²) in [5.74, 6) is -1.33. The maximum absolute atomic E-state index is 11.9. The third-order valence-corrected chi connectivity index (χ3v) is 3.44. The number of ether oxygens (including phenoxy) is 1. The molecule has 1 fully saturated rings. The van der Waals surface area contributed by atoms with Gasteiger partial charge in [-0.15, -0.1) is 0 Å². The Morgan fingerprint density at radius 1 is 1.33 bits per heavy atom. The topological polar surface area (TPSA) is 66.8 Å². The van der Waals surface area contributed by atoms with Gasteiger partial charge in [-0.25, -0.2) is 4.79 Å². The lowest BCUT2D eigenvalue weighted by atomic mass is 9.99. The smallest absolute Gasteiger partial charge is 0.410 e. The van der Waals surface area contributed by atoms with E-state index < -0.39 is 18.0 Å². The molecule has 5 heteroatoms. The van der Waals surface area contributed by atoms with Crippen molar-refractivity contribution in [1.82, 2.24) is 4.90 Å². The Morgan fingerprint density at radius 2 is 2.10 bits per heavy atom. The van der Waals surface area contributed by atoms with E-state index in [1.54, 1.807) is 6.08 Å². The summed E-state index contributed by atoms with van der Waals surface area (Å²) in [7, 11) is 0. The molecule has 1 unspecified atom stereocenters. The number of carbonyl (C=O) groups is 2. The largest absolute Gasteiger partial charge is 0.481 e. The first-order chi connectivity index (χ1) is 10.2. The van der Waals surface area contributed by atoms with Gasteiger partial charge < -0.3 is 14.7 Å². The van der Waals surface area contributed by atoms with Crippen LogP contribution in [0, 0.1) is 5.92 Å². The molecule has 5 nitrogen and oxygen atoms in total. The van der Waals surface area contributed by atoms with Crippen LogP contribution in [0.4, 0.5) is 4.79 Å². The number of hydrogen-bond acceptors (Lipinski definition) is 3. The van der Waals surface area contributed by atoms with E-state index in [1.807, 2.05) is 36.4 Å². The number of carboxylic acids is 1. The molecule has 1 aromatic carbocycles. The number of likely N-dealkylation sites (tertiary alicyclic amines) is 1. The average Bonchev–Trinajstić information content (AvgIpc) is 2.52. The minimum atomic E-state index is -0.850. The molecule has 0 spiro atoms. The fraction of sp³-hybridized carbons (Fsp3) is 0.375. The first-order valence-corrected chi connectivity index (χ1v) is 7.03. The third-order valence-electron chi connectivity index (χ3n) is 3.44. The molecule has 0 radical (unpaired) electrons. The Kier molecular flexibility index (Phi) is 5.37. The maximum atomic E-state index is 11.9. The summed E-state index contributed by atoms with van der Waals surface area (Å²) in [5, 5.41) is 8.99. The zero-order valence-corrected chi connectivity index (χ0v) is 11.8. The second kappa shape index (κ2) is 7.47. The van der Waals surface area contributed by atoms with Gasteiger partial charge in [0.1, 0.15) is 6.61 Å². The van der Waals surface area contributed by atoms with Crippen LogP contribution in [0.25, 0.3) is 6.08 Å². The quantitative estimate of drug-likeness (QED) is 0.925. The number of amides is 1. The number of hydrogen-bond donors (Lipinski definition) is 1. The first kappa shape index (κ1) is 15.1. The van der Waals surface area contributed by atoms with Gasteiger partial charge in [0.15, 0.2) is 0 Å². The van der Waals surface area contributed by atoms with Crippen molar-refractivity contribution in [2.24, 2.45) is 5.92 Å². The molecule has 1 amide bonds. The van der Waals surface area contributed by atoms with Gasteiger partial charge in [-0.3, -0.25) is 4.79 Å². The van der Waals surface area contributed by atoms with Crippen LogP contribution >= 0.6 is 0 Å². The molecular formula is C16H19NO4. The predicted molar refractivity (Wildman–Crippen MR) is 78.8 cm³/mol. The van der Waals surface area contributed by atoms with E-state index in [0.29, 0.717) is 19.4 Å². The molecule has 0 saturated carbocycles. The Morgan fingerprint density at radius 3 is 2.81 bits per heavy atom. The van der Waals surface area contributed by atoms with Gasteiger partial charge in [-0.2, -0.15) is 0 Å². The van der Waals surface area contributed by atoms with Crippen molar-refractivity contribution in [2.45, 2.75) is 12.8 Å². The van der Waals surface area contributed by atoms with Gasteiger partial charge in [-0.05, 0) is 24.5 Å². The van der Waals surface area contributed by atoms with E-state index in [-0.39, 0.29) is 13.2 Å². The molecule has 0 aliphatic carbocycles. The second-order valence-electron chi connectivity index (χ2n) is 5.01. The molecule has 1 heterocycles. The molecule has 0 bridgehead atoms. The van der Waals surface area contributed by atoms with Crippen molar-refractivity contribution in [3.05, 3.63) is 42.0 Å². The molecular weight excluding hydrogens is 270 g/mol. The Hall–Kier alpha value is -2.30. The Bertz CT molecular complexity index is 512. The lowest BCUT2D eigenvalue weighted by molar-refractivity contribution is -0.143. The van der Waals surface area contributed by atoms with Crippen LogP contribution in [-0.2, 0) is 9.53 Å². The van der Waals surface area contributed by atoms with Crippen molar-refractivity contribution in [1.29, 1.82) is 0 Å². The molecule has 1 aliphatic heterocycles.